The number of nitrogens with zero attached hydrogens (tertiary/aromatic N) is 3. The zero-order valence-corrected chi connectivity index (χ0v) is 18.0. The van der Waals surface area contributed by atoms with Gasteiger partial charge in [0.25, 0.3) is 15.6 Å². The molecule has 0 fully saturated rings. The van der Waals surface area contributed by atoms with Gasteiger partial charge in [0.05, 0.1) is 22.0 Å². The number of benzene rings is 1. The maximum absolute atomic E-state index is 13.5. The lowest BCUT2D eigenvalue weighted by Gasteiger charge is -2.20. The number of fused-ring (bicyclic) bond motifs is 2. The molecule has 156 valence electrons. The van der Waals surface area contributed by atoms with Crippen LogP contribution in [0, 0.1) is 0 Å². The van der Waals surface area contributed by atoms with E-state index in [-0.39, 0.29) is 34.2 Å². The van der Waals surface area contributed by atoms with Crippen LogP contribution in [0.3, 0.4) is 0 Å². The Morgan fingerprint density at radius 3 is 2.71 bits per heavy atom. The minimum atomic E-state index is -4.06. The summed E-state index contributed by atoms with van der Waals surface area (Å²) in [6, 6.07) is 12.9. The van der Waals surface area contributed by atoms with Crippen molar-refractivity contribution in [3.63, 3.8) is 0 Å². The zero-order chi connectivity index (χ0) is 21.8. The highest BCUT2D eigenvalue weighted by molar-refractivity contribution is 7.90. The Morgan fingerprint density at radius 1 is 1.13 bits per heavy atom. The van der Waals surface area contributed by atoms with Crippen LogP contribution in [0.5, 0.6) is 5.75 Å². The van der Waals surface area contributed by atoms with Crippen LogP contribution in [0.4, 0.5) is 5.69 Å². The molecule has 0 spiro atoms. The summed E-state index contributed by atoms with van der Waals surface area (Å²) in [6.45, 7) is 0.146. The molecule has 0 saturated carbocycles. The zero-order valence-electron chi connectivity index (χ0n) is 15.6. The Labute approximate surface area is 185 Å². The van der Waals surface area contributed by atoms with Gasteiger partial charge in [-0.3, -0.25) is 9.36 Å². The quantitative estimate of drug-likeness (QED) is 0.472. The molecule has 1 aromatic carbocycles. The number of anilines is 1. The maximum Gasteiger partial charge on any atom is 0.286 e. The van der Waals surface area contributed by atoms with Crippen LogP contribution in [0.25, 0.3) is 11.0 Å². The fraction of sp³-hybridized carbons (Fsp3) is 0.0500. The number of hydrogen-bond acceptors (Lipinski definition) is 7. The van der Waals surface area contributed by atoms with Gasteiger partial charge in [-0.25, -0.2) is 4.98 Å². The number of hydrogen-bond donors (Lipinski definition) is 2. The summed E-state index contributed by atoms with van der Waals surface area (Å²) >= 11 is 7.33. The average Bonchev–Trinajstić information content (AvgIpc) is 3.16. The SMILES string of the molecule is O=c1c(C2=NS(=O)(=O)c3ccccc3N2)c(O)c2cccnc2n1Cc1ccc(Cl)s1. The Kier molecular flexibility index (Phi) is 4.58. The topological polar surface area (TPSA) is 114 Å². The molecule has 11 heteroatoms. The van der Waals surface area contributed by atoms with Gasteiger partial charge in [0, 0.05) is 11.1 Å². The molecule has 0 bridgehead atoms. The smallest absolute Gasteiger partial charge is 0.286 e. The van der Waals surface area contributed by atoms with Crippen molar-refractivity contribution >= 4 is 55.5 Å². The number of nitrogens with one attached hydrogen (secondary N) is 1. The predicted octanol–water partition coefficient (Wildman–Crippen LogP) is 3.43. The summed E-state index contributed by atoms with van der Waals surface area (Å²) in [7, 11) is -4.06. The molecule has 0 aliphatic carbocycles. The largest absolute Gasteiger partial charge is 0.506 e. The van der Waals surface area contributed by atoms with Gasteiger partial charge in [0.1, 0.15) is 21.9 Å². The molecule has 3 aromatic heterocycles. The fourth-order valence-corrected chi connectivity index (χ4v) is 5.64. The van der Waals surface area contributed by atoms with E-state index in [0.717, 1.165) is 4.88 Å². The number of thiophene rings is 1. The molecule has 0 saturated heterocycles. The standard InChI is InChI=1S/C20H13ClN4O4S2/c21-15-8-7-11(30-15)10-25-19-12(4-3-9-22-19)17(26)16(20(25)27)18-23-13-5-1-2-6-14(13)31(28,29)24-18/h1-9,26H,10H2,(H,23,24). The molecule has 0 radical (unpaired) electrons. The lowest BCUT2D eigenvalue weighted by Crippen LogP contribution is -2.33. The number of pyridine rings is 2. The van der Waals surface area contributed by atoms with Gasteiger partial charge < -0.3 is 10.4 Å². The minimum absolute atomic E-state index is 0.00533. The van der Waals surface area contributed by atoms with Crippen molar-refractivity contribution in [2.24, 2.45) is 4.40 Å². The number of amidine groups is 1. The molecular weight excluding hydrogens is 460 g/mol. The van der Waals surface area contributed by atoms with Gasteiger partial charge in [-0.05, 0) is 36.4 Å². The van der Waals surface area contributed by atoms with Gasteiger partial charge in [-0.2, -0.15) is 8.42 Å². The summed E-state index contributed by atoms with van der Waals surface area (Å²) < 4.78 is 31.1. The van der Waals surface area contributed by atoms with E-state index in [4.69, 9.17) is 11.6 Å². The molecule has 0 atom stereocenters. The summed E-state index contributed by atoms with van der Waals surface area (Å²) in [6.07, 6.45) is 1.51. The number of sulfonamides is 1. The lowest BCUT2D eigenvalue weighted by molar-refractivity contribution is 0.477. The number of aromatic hydroxyl groups is 1. The van der Waals surface area contributed by atoms with E-state index in [1.165, 1.54) is 28.2 Å². The number of aromatic nitrogens is 2. The van der Waals surface area contributed by atoms with Crippen molar-refractivity contribution in [1.29, 1.82) is 0 Å². The second kappa shape index (κ2) is 7.19. The van der Waals surface area contributed by atoms with Crippen molar-refractivity contribution in [1.82, 2.24) is 9.55 Å². The van der Waals surface area contributed by atoms with Crippen molar-refractivity contribution < 1.29 is 13.5 Å². The normalized spacial score (nSPS) is 14.7. The fourth-order valence-electron chi connectivity index (χ4n) is 3.44. The third-order valence-corrected chi connectivity index (χ3v) is 7.35. The highest BCUT2D eigenvalue weighted by Crippen LogP contribution is 2.32. The first kappa shape index (κ1) is 19.7. The summed E-state index contributed by atoms with van der Waals surface area (Å²) in [5.74, 6) is -0.640. The first-order chi connectivity index (χ1) is 14.8. The van der Waals surface area contributed by atoms with E-state index in [0.29, 0.717) is 9.72 Å². The molecular formula is C20H13ClN4O4S2. The average molecular weight is 473 g/mol. The Morgan fingerprint density at radius 2 is 1.94 bits per heavy atom. The summed E-state index contributed by atoms with van der Waals surface area (Å²) in [4.78, 5) is 18.5. The summed E-state index contributed by atoms with van der Waals surface area (Å²) in [5.41, 5.74) is -0.345. The predicted molar refractivity (Wildman–Crippen MR) is 120 cm³/mol. The third-order valence-electron chi connectivity index (χ3n) is 4.80. The van der Waals surface area contributed by atoms with Crippen LogP contribution >= 0.6 is 22.9 Å². The van der Waals surface area contributed by atoms with Gasteiger partial charge in [-0.1, -0.05) is 23.7 Å². The van der Waals surface area contributed by atoms with E-state index in [1.54, 1.807) is 42.5 Å². The van der Waals surface area contributed by atoms with Crippen LogP contribution in [-0.2, 0) is 16.6 Å². The second-order valence-corrected chi connectivity index (χ2v) is 10.1. The first-order valence-corrected chi connectivity index (χ1v) is 11.6. The summed E-state index contributed by atoms with van der Waals surface area (Å²) in [5, 5.41) is 14.1. The number of halogens is 1. The van der Waals surface area contributed by atoms with Crippen LogP contribution < -0.4 is 10.9 Å². The van der Waals surface area contributed by atoms with E-state index >= 15 is 0 Å². The molecule has 2 N–H and O–H groups in total. The minimum Gasteiger partial charge on any atom is -0.506 e. The monoisotopic (exact) mass is 472 g/mol. The first-order valence-electron chi connectivity index (χ1n) is 9.01. The van der Waals surface area contributed by atoms with Gasteiger partial charge in [0.2, 0.25) is 0 Å². The van der Waals surface area contributed by atoms with E-state index in [2.05, 4.69) is 14.7 Å². The van der Waals surface area contributed by atoms with Gasteiger partial charge in [0.15, 0.2) is 5.84 Å². The molecule has 1 aliphatic rings. The Balaban J connectivity index is 1.77. The number of para-hydroxylation sites is 1. The van der Waals surface area contributed by atoms with Crippen LogP contribution in [-0.4, -0.2) is 28.9 Å². The third kappa shape index (κ3) is 3.29. The molecule has 0 unspecified atom stereocenters. The van der Waals surface area contributed by atoms with Crippen LogP contribution in [0.1, 0.15) is 10.4 Å². The van der Waals surface area contributed by atoms with Gasteiger partial charge in [-0.15, -0.1) is 15.7 Å². The molecule has 4 heterocycles. The van der Waals surface area contributed by atoms with E-state index in [1.807, 2.05) is 0 Å². The molecule has 5 rings (SSSR count). The van der Waals surface area contributed by atoms with Crippen molar-refractivity contribution in [2.75, 3.05) is 5.32 Å². The Hall–Kier alpha value is -3.21. The Bertz CT molecular complexity index is 1560. The van der Waals surface area contributed by atoms with Crippen molar-refractivity contribution in [3.05, 3.63) is 79.9 Å². The molecule has 8 nitrogen and oxygen atoms in total. The van der Waals surface area contributed by atoms with Crippen molar-refractivity contribution in [3.8, 4) is 5.75 Å². The number of rotatable bonds is 3. The molecule has 0 amide bonds. The van der Waals surface area contributed by atoms with Crippen LogP contribution in [0.2, 0.25) is 4.34 Å². The maximum atomic E-state index is 13.5. The second-order valence-electron chi connectivity index (χ2n) is 6.73. The van der Waals surface area contributed by atoms with E-state index < -0.39 is 21.3 Å². The molecule has 4 aromatic rings. The van der Waals surface area contributed by atoms with Crippen LogP contribution in [0.15, 0.2) is 68.8 Å². The highest BCUT2D eigenvalue weighted by Gasteiger charge is 2.29. The van der Waals surface area contributed by atoms with Crippen molar-refractivity contribution in [2.45, 2.75) is 11.4 Å². The molecule has 31 heavy (non-hydrogen) atoms. The highest BCUT2D eigenvalue weighted by atomic mass is 35.5. The lowest BCUT2D eigenvalue weighted by atomic mass is 10.1. The van der Waals surface area contributed by atoms with E-state index in [9.17, 15) is 18.3 Å². The molecule has 1 aliphatic heterocycles. The van der Waals surface area contributed by atoms with Gasteiger partial charge >= 0.3 is 0 Å².